The fourth-order valence-corrected chi connectivity index (χ4v) is 10.00. The molecule has 13 nitrogen and oxygen atoms in total. The lowest BCUT2D eigenvalue weighted by Crippen LogP contribution is -2.58. The number of aryl methyl sites for hydroxylation is 1. The summed E-state index contributed by atoms with van der Waals surface area (Å²) in [5, 5.41) is 0.0747. The number of carbonyl (C=O) groups is 1. The van der Waals surface area contributed by atoms with Crippen LogP contribution in [0.5, 0.6) is 5.75 Å². The Morgan fingerprint density at radius 2 is 1.86 bits per heavy atom. The van der Waals surface area contributed by atoms with E-state index in [1.165, 1.54) is 38.0 Å². The molecule has 2 bridgehead atoms. The third-order valence-electron chi connectivity index (χ3n) is 10.3. The van der Waals surface area contributed by atoms with E-state index in [1.807, 2.05) is 12.1 Å². The lowest BCUT2D eigenvalue weighted by Gasteiger charge is -2.33. The Morgan fingerprint density at radius 1 is 1.18 bits per heavy atom. The number of hydrogen-bond acceptors (Lipinski definition) is 11. The molecule has 4 aromatic rings. The van der Waals surface area contributed by atoms with Gasteiger partial charge in [0, 0.05) is 5.56 Å². The molecule has 5 heterocycles. The van der Waals surface area contributed by atoms with Crippen molar-refractivity contribution < 1.29 is 40.6 Å². The van der Waals surface area contributed by atoms with E-state index in [0.717, 1.165) is 24.2 Å². The SMILES string of the molecule is COc1ccccc1[C@H](Cn1c(=O)n(C(C)(C)C(=O)NS(=O)(=O)C2(C(F)F)CC2)c(=O)c2c(C)c(-c3ncco3)sc21)O[C@@H]1C[C@H]2CC[C@@H](C1)O2. The van der Waals surface area contributed by atoms with E-state index in [-0.39, 0.29) is 53.8 Å². The van der Waals surface area contributed by atoms with Crippen LogP contribution in [-0.4, -0.2) is 65.0 Å². The van der Waals surface area contributed by atoms with Gasteiger partial charge in [-0.1, -0.05) is 18.2 Å². The number of halogens is 2. The number of sulfonamides is 1. The normalized spacial score (nSPS) is 22.0. The van der Waals surface area contributed by atoms with Crippen molar-refractivity contribution in [2.24, 2.45) is 0 Å². The minimum atomic E-state index is -4.87. The number of aromatic nitrogens is 3. The molecule has 1 aromatic carbocycles. The first-order valence-corrected chi connectivity index (χ1v) is 19.0. The number of nitrogens with zero attached hydrogens (tertiary/aromatic N) is 3. The van der Waals surface area contributed by atoms with Crippen molar-refractivity contribution >= 4 is 37.5 Å². The lowest BCUT2D eigenvalue weighted by molar-refractivity contribution is -0.126. The second-order valence-electron chi connectivity index (χ2n) is 13.9. The summed E-state index contributed by atoms with van der Waals surface area (Å²) in [7, 11) is -3.35. The number of benzene rings is 1. The van der Waals surface area contributed by atoms with Crippen LogP contribution in [0.25, 0.3) is 21.0 Å². The molecule has 3 aliphatic rings. The molecule has 2 saturated heterocycles. The van der Waals surface area contributed by atoms with Gasteiger partial charge in [-0.25, -0.2) is 31.5 Å². The van der Waals surface area contributed by atoms with Crippen molar-refractivity contribution in [3.8, 4) is 16.5 Å². The zero-order valence-corrected chi connectivity index (χ0v) is 30.0. The van der Waals surface area contributed by atoms with Crippen molar-refractivity contribution in [2.75, 3.05) is 7.11 Å². The number of carbonyl (C=O) groups excluding carboxylic acids is 1. The van der Waals surface area contributed by atoms with Crippen LogP contribution in [0.3, 0.4) is 0 Å². The van der Waals surface area contributed by atoms with Crippen LogP contribution in [-0.2, 0) is 36.4 Å². The van der Waals surface area contributed by atoms with Crippen molar-refractivity contribution in [3.63, 3.8) is 0 Å². The predicted molar refractivity (Wildman–Crippen MR) is 183 cm³/mol. The molecule has 0 unspecified atom stereocenters. The summed E-state index contributed by atoms with van der Waals surface area (Å²) >= 11 is 1.10. The summed E-state index contributed by atoms with van der Waals surface area (Å²) in [4.78, 5) is 47.8. The maximum absolute atomic E-state index is 14.7. The zero-order chi connectivity index (χ0) is 36.5. The maximum Gasteiger partial charge on any atom is 0.333 e. The molecule has 1 amide bonds. The predicted octanol–water partition coefficient (Wildman–Crippen LogP) is 4.64. The minimum Gasteiger partial charge on any atom is -0.496 e. The van der Waals surface area contributed by atoms with Crippen LogP contribution in [0, 0.1) is 6.92 Å². The van der Waals surface area contributed by atoms with E-state index in [9.17, 15) is 31.6 Å². The van der Waals surface area contributed by atoms with Gasteiger partial charge in [0.2, 0.25) is 15.9 Å². The zero-order valence-electron chi connectivity index (χ0n) is 28.4. The van der Waals surface area contributed by atoms with Gasteiger partial charge in [-0.15, -0.1) is 11.3 Å². The van der Waals surface area contributed by atoms with E-state index in [4.69, 9.17) is 18.6 Å². The third-order valence-corrected chi connectivity index (χ3v) is 13.7. The van der Waals surface area contributed by atoms with Gasteiger partial charge in [0.05, 0.1) is 48.4 Å². The highest BCUT2D eigenvalue weighted by Crippen LogP contribution is 2.48. The molecule has 1 aliphatic carbocycles. The average molecular weight is 749 g/mol. The molecule has 0 radical (unpaired) electrons. The van der Waals surface area contributed by atoms with Crippen molar-refractivity contribution in [2.45, 2.75) is 107 Å². The number of oxazole rings is 1. The number of hydrogen-bond donors (Lipinski definition) is 1. The molecular formula is C34H38F2N4O9S2. The molecular weight excluding hydrogens is 711 g/mol. The van der Waals surface area contributed by atoms with Crippen LogP contribution in [0.4, 0.5) is 8.78 Å². The van der Waals surface area contributed by atoms with Crippen molar-refractivity contribution in [1.82, 2.24) is 18.8 Å². The molecule has 2 aliphatic heterocycles. The van der Waals surface area contributed by atoms with Gasteiger partial charge in [-0.05, 0) is 70.9 Å². The fourth-order valence-electron chi connectivity index (χ4n) is 7.18. The monoisotopic (exact) mass is 748 g/mol. The highest BCUT2D eigenvalue weighted by molar-refractivity contribution is 7.91. The molecule has 274 valence electrons. The minimum absolute atomic E-state index is 0.0575. The lowest BCUT2D eigenvalue weighted by atomic mass is 10.0. The Bertz CT molecular complexity index is 2200. The summed E-state index contributed by atoms with van der Waals surface area (Å²) in [5.41, 5.74) is -2.91. The largest absolute Gasteiger partial charge is 0.496 e. The van der Waals surface area contributed by atoms with Gasteiger partial charge < -0.3 is 18.6 Å². The number of fused-ring (bicyclic) bond motifs is 3. The number of methoxy groups -OCH3 is 1. The van der Waals surface area contributed by atoms with Gasteiger partial charge in [0.25, 0.3) is 17.9 Å². The summed E-state index contributed by atoms with van der Waals surface area (Å²) < 4.78 is 79.2. The molecule has 17 heteroatoms. The van der Waals surface area contributed by atoms with Gasteiger partial charge in [-0.2, -0.15) is 0 Å². The Morgan fingerprint density at radius 3 is 2.47 bits per heavy atom. The maximum atomic E-state index is 14.7. The van der Waals surface area contributed by atoms with E-state index < -0.39 is 50.0 Å². The number of para-hydroxylation sites is 1. The first kappa shape index (κ1) is 35.5. The van der Waals surface area contributed by atoms with Crippen molar-refractivity contribution in [3.05, 3.63) is 68.7 Å². The van der Waals surface area contributed by atoms with Gasteiger partial charge in [0.15, 0.2) is 4.75 Å². The second-order valence-corrected chi connectivity index (χ2v) is 16.9. The highest BCUT2D eigenvalue weighted by atomic mass is 32.2. The van der Waals surface area contributed by atoms with Gasteiger partial charge in [0.1, 0.15) is 28.5 Å². The first-order valence-electron chi connectivity index (χ1n) is 16.7. The number of thiophene rings is 1. The molecule has 1 saturated carbocycles. The molecule has 3 fully saturated rings. The quantitative estimate of drug-likeness (QED) is 0.216. The van der Waals surface area contributed by atoms with Crippen molar-refractivity contribution in [1.29, 1.82) is 0 Å². The Balaban J connectivity index is 1.38. The Hall–Kier alpha value is -3.93. The molecule has 4 atom stereocenters. The van der Waals surface area contributed by atoms with E-state index in [1.54, 1.807) is 23.8 Å². The topological polar surface area (TPSA) is 161 Å². The number of rotatable bonds is 12. The van der Waals surface area contributed by atoms with Crippen LogP contribution < -0.4 is 20.7 Å². The van der Waals surface area contributed by atoms with Gasteiger partial charge >= 0.3 is 5.69 Å². The molecule has 0 spiro atoms. The van der Waals surface area contributed by atoms with E-state index in [0.29, 0.717) is 39.2 Å². The molecule has 3 aromatic heterocycles. The fraction of sp³-hybridized carbons (Fsp3) is 0.529. The number of ether oxygens (including phenoxy) is 3. The second kappa shape index (κ2) is 12.9. The number of amides is 1. The summed E-state index contributed by atoms with van der Waals surface area (Å²) in [6, 6.07) is 7.22. The van der Waals surface area contributed by atoms with Gasteiger partial charge in [-0.3, -0.25) is 18.9 Å². The smallest absolute Gasteiger partial charge is 0.333 e. The average Bonchev–Trinajstić information content (AvgIpc) is 3.43. The highest BCUT2D eigenvalue weighted by Gasteiger charge is 2.63. The van der Waals surface area contributed by atoms with Crippen LogP contribution in [0.15, 0.2) is 50.7 Å². The first-order chi connectivity index (χ1) is 24.2. The summed E-state index contributed by atoms with van der Waals surface area (Å²) in [6.45, 7) is 3.91. The Kier molecular flexibility index (Phi) is 8.99. The summed E-state index contributed by atoms with van der Waals surface area (Å²) in [6.07, 6.45) is 1.19. The number of alkyl halides is 2. The van der Waals surface area contributed by atoms with Crippen LogP contribution >= 0.6 is 11.3 Å². The molecule has 51 heavy (non-hydrogen) atoms. The standard InChI is InChI=1S/C34H38F2N4O9S2/c1-18-25-28(41)40(33(2,3)31(42)38-51(44,45)34(11-12-34)30(35)36)32(43)39(29(25)50-26(18)27-37-13-14-47-27)17-24(22-7-5-6-8-23(22)46-4)49-21-15-19-9-10-20(16-21)48-19/h5-8,13-14,19-21,24,30H,9-12,15-17H2,1-4H3,(H,38,42)/t19-,20+,21-,24-/m0/s1. The third kappa shape index (κ3) is 6.00. The van der Waals surface area contributed by atoms with E-state index >= 15 is 0 Å². The summed E-state index contributed by atoms with van der Waals surface area (Å²) in [5.74, 6) is -0.592. The molecule has 7 rings (SSSR count). The van der Waals surface area contributed by atoms with Crippen LogP contribution in [0.1, 0.15) is 69.6 Å². The Labute approximate surface area is 295 Å². The molecule has 1 N–H and O–H groups in total. The number of nitrogens with one attached hydrogen (secondary N) is 1. The van der Waals surface area contributed by atoms with Crippen LogP contribution in [0.2, 0.25) is 0 Å². The van der Waals surface area contributed by atoms with E-state index in [2.05, 4.69) is 4.98 Å².